The summed E-state index contributed by atoms with van der Waals surface area (Å²) in [7, 11) is 0. The van der Waals surface area contributed by atoms with Gasteiger partial charge in [0, 0.05) is 6.54 Å². The van der Waals surface area contributed by atoms with E-state index < -0.39 is 0 Å². The van der Waals surface area contributed by atoms with Crippen LogP contribution in [0.15, 0.2) is 22.9 Å². The second kappa shape index (κ2) is 5.01. The number of rotatable bonds is 4. The van der Waals surface area contributed by atoms with Crippen LogP contribution in [0.25, 0.3) is 0 Å². The summed E-state index contributed by atoms with van der Waals surface area (Å²) in [5.74, 6) is 0.540. The van der Waals surface area contributed by atoms with Crippen LogP contribution in [0.5, 0.6) is 0 Å². The molecule has 0 aliphatic carbocycles. The summed E-state index contributed by atoms with van der Waals surface area (Å²) in [6.45, 7) is 3.02. The molecular weight excluding hydrogens is 244 g/mol. The number of hydrogen-bond donors (Lipinski definition) is 1. The van der Waals surface area contributed by atoms with Crippen LogP contribution in [-0.2, 0) is 13.1 Å². The minimum Gasteiger partial charge on any atom is -0.440 e. The summed E-state index contributed by atoms with van der Waals surface area (Å²) >= 11 is 5.58. The highest BCUT2D eigenvalue weighted by molar-refractivity contribution is 6.29. The maximum Gasteiger partial charge on any atom is 0.287 e. The third kappa shape index (κ3) is 2.65. The molecule has 90 valence electrons. The molecule has 0 bridgehead atoms. The Bertz CT molecular complexity index is 520. The lowest BCUT2D eigenvalue weighted by Gasteiger charge is -2.04. The molecule has 0 spiro atoms. The molecule has 0 aromatic carbocycles. The molecule has 2 aromatic heterocycles. The van der Waals surface area contributed by atoms with E-state index in [4.69, 9.17) is 16.0 Å². The van der Waals surface area contributed by atoms with Crippen LogP contribution in [0.3, 0.4) is 0 Å². The van der Waals surface area contributed by atoms with Crippen molar-refractivity contribution in [3.8, 4) is 0 Å². The Kier molecular flexibility index (Phi) is 3.43. The molecule has 17 heavy (non-hydrogen) atoms. The molecular formula is C10H11ClN4O2. The van der Waals surface area contributed by atoms with E-state index in [1.165, 1.54) is 12.1 Å². The molecule has 0 aliphatic heterocycles. The maximum absolute atomic E-state index is 11.6. The molecule has 0 atom stereocenters. The molecule has 0 unspecified atom stereocenters. The zero-order chi connectivity index (χ0) is 12.3. The van der Waals surface area contributed by atoms with E-state index in [0.717, 1.165) is 6.54 Å². The molecule has 0 aliphatic rings. The first-order chi connectivity index (χ1) is 8.20. The van der Waals surface area contributed by atoms with E-state index in [2.05, 4.69) is 15.5 Å². The van der Waals surface area contributed by atoms with Gasteiger partial charge in [-0.15, -0.1) is 10.2 Å². The number of furan rings is 1. The SMILES string of the molecule is CCn1cnnc1CNC(=O)c1ccc(Cl)o1. The smallest absolute Gasteiger partial charge is 0.287 e. The first-order valence-electron chi connectivity index (χ1n) is 5.11. The summed E-state index contributed by atoms with van der Waals surface area (Å²) in [5.41, 5.74) is 0. The third-order valence-electron chi connectivity index (χ3n) is 2.24. The summed E-state index contributed by atoms with van der Waals surface area (Å²) in [6, 6.07) is 3.03. The number of amides is 1. The third-order valence-corrected chi connectivity index (χ3v) is 2.44. The van der Waals surface area contributed by atoms with Crippen molar-refractivity contribution in [2.75, 3.05) is 0 Å². The molecule has 2 aromatic rings. The van der Waals surface area contributed by atoms with E-state index in [1.807, 2.05) is 11.5 Å². The highest BCUT2D eigenvalue weighted by Gasteiger charge is 2.11. The van der Waals surface area contributed by atoms with Crippen LogP contribution in [-0.4, -0.2) is 20.7 Å². The van der Waals surface area contributed by atoms with Crippen molar-refractivity contribution in [3.63, 3.8) is 0 Å². The van der Waals surface area contributed by atoms with Crippen molar-refractivity contribution in [1.82, 2.24) is 20.1 Å². The predicted molar refractivity (Wildman–Crippen MR) is 60.6 cm³/mol. The number of hydrogen-bond acceptors (Lipinski definition) is 4. The number of nitrogens with one attached hydrogen (secondary N) is 1. The number of aromatic nitrogens is 3. The first kappa shape index (κ1) is 11.7. The quantitative estimate of drug-likeness (QED) is 0.897. The van der Waals surface area contributed by atoms with Crippen LogP contribution >= 0.6 is 11.6 Å². The van der Waals surface area contributed by atoms with Crippen molar-refractivity contribution in [2.24, 2.45) is 0 Å². The van der Waals surface area contributed by atoms with Gasteiger partial charge in [-0.25, -0.2) is 0 Å². The fraction of sp³-hybridized carbons (Fsp3) is 0.300. The van der Waals surface area contributed by atoms with Gasteiger partial charge in [0.15, 0.2) is 16.8 Å². The van der Waals surface area contributed by atoms with Crippen LogP contribution in [0, 0.1) is 0 Å². The lowest BCUT2D eigenvalue weighted by atomic mass is 10.4. The number of carbonyl (C=O) groups is 1. The van der Waals surface area contributed by atoms with Gasteiger partial charge in [-0.3, -0.25) is 4.79 Å². The first-order valence-corrected chi connectivity index (χ1v) is 5.48. The van der Waals surface area contributed by atoms with Gasteiger partial charge in [0.25, 0.3) is 5.91 Å². The molecule has 2 rings (SSSR count). The van der Waals surface area contributed by atoms with Crippen LogP contribution in [0.2, 0.25) is 5.22 Å². The van der Waals surface area contributed by atoms with Crippen LogP contribution < -0.4 is 5.32 Å². The van der Waals surface area contributed by atoms with E-state index in [1.54, 1.807) is 6.33 Å². The van der Waals surface area contributed by atoms with Gasteiger partial charge in [-0.2, -0.15) is 0 Å². The molecule has 2 heterocycles. The van der Waals surface area contributed by atoms with Gasteiger partial charge in [-0.05, 0) is 30.7 Å². The molecule has 6 nitrogen and oxygen atoms in total. The molecule has 0 saturated carbocycles. The van der Waals surface area contributed by atoms with E-state index in [9.17, 15) is 4.79 Å². The van der Waals surface area contributed by atoms with Gasteiger partial charge in [-0.1, -0.05) is 0 Å². The second-order valence-corrected chi connectivity index (χ2v) is 3.69. The Balaban J connectivity index is 1.97. The molecule has 0 fully saturated rings. The number of halogens is 1. The molecule has 1 N–H and O–H groups in total. The number of aryl methyl sites for hydroxylation is 1. The number of carbonyl (C=O) groups excluding carboxylic acids is 1. The summed E-state index contributed by atoms with van der Waals surface area (Å²) in [6.07, 6.45) is 1.62. The van der Waals surface area contributed by atoms with Crippen LogP contribution in [0.4, 0.5) is 0 Å². The van der Waals surface area contributed by atoms with Gasteiger partial charge < -0.3 is 14.3 Å². The fourth-order valence-electron chi connectivity index (χ4n) is 1.36. The predicted octanol–water partition coefficient (Wildman–Crippen LogP) is 1.47. The lowest BCUT2D eigenvalue weighted by Crippen LogP contribution is -2.24. The van der Waals surface area contributed by atoms with Crippen molar-refractivity contribution >= 4 is 17.5 Å². The molecule has 1 amide bonds. The topological polar surface area (TPSA) is 73.0 Å². The van der Waals surface area contributed by atoms with E-state index >= 15 is 0 Å². The van der Waals surface area contributed by atoms with E-state index in [-0.39, 0.29) is 16.9 Å². The average molecular weight is 255 g/mol. The fourth-order valence-corrected chi connectivity index (χ4v) is 1.51. The van der Waals surface area contributed by atoms with Crippen molar-refractivity contribution in [3.05, 3.63) is 35.3 Å². The molecule has 7 heteroatoms. The Morgan fingerprint density at radius 2 is 2.41 bits per heavy atom. The Hall–Kier alpha value is -1.82. The maximum atomic E-state index is 11.6. The van der Waals surface area contributed by atoms with Gasteiger partial charge in [0.2, 0.25) is 0 Å². The summed E-state index contributed by atoms with van der Waals surface area (Å²) in [5, 5.41) is 10.5. The zero-order valence-corrected chi connectivity index (χ0v) is 9.94. The Morgan fingerprint density at radius 1 is 1.59 bits per heavy atom. The van der Waals surface area contributed by atoms with Crippen LogP contribution in [0.1, 0.15) is 23.3 Å². The normalized spacial score (nSPS) is 10.5. The van der Waals surface area contributed by atoms with Crippen molar-refractivity contribution < 1.29 is 9.21 Å². The van der Waals surface area contributed by atoms with Crippen molar-refractivity contribution in [1.29, 1.82) is 0 Å². The monoisotopic (exact) mass is 254 g/mol. The molecule has 0 saturated heterocycles. The standard InChI is InChI=1S/C10H11ClN4O2/c1-2-15-6-13-14-9(15)5-12-10(16)7-3-4-8(11)17-7/h3-4,6H,2,5H2,1H3,(H,12,16). The van der Waals surface area contributed by atoms with Crippen molar-refractivity contribution in [2.45, 2.75) is 20.0 Å². The Labute approximate surface area is 103 Å². The minimum atomic E-state index is -0.331. The Morgan fingerprint density at radius 3 is 3.06 bits per heavy atom. The van der Waals surface area contributed by atoms with Gasteiger partial charge in [0.1, 0.15) is 6.33 Å². The minimum absolute atomic E-state index is 0.178. The van der Waals surface area contributed by atoms with Gasteiger partial charge in [0.05, 0.1) is 6.54 Å². The van der Waals surface area contributed by atoms with E-state index in [0.29, 0.717) is 12.4 Å². The highest BCUT2D eigenvalue weighted by Crippen LogP contribution is 2.12. The lowest BCUT2D eigenvalue weighted by molar-refractivity contribution is 0.0922. The molecule has 0 radical (unpaired) electrons. The largest absolute Gasteiger partial charge is 0.440 e. The average Bonchev–Trinajstić information content (AvgIpc) is 2.94. The highest BCUT2D eigenvalue weighted by atomic mass is 35.5. The second-order valence-electron chi connectivity index (χ2n) is 3.32. The zero-order valence-electron chi connectivity index (χ0n) is 9.18. The number of nitrogens with zero attached hydrogens (tertiary/aromatic N) is 3. The summed E-state index contributed by atoms with van der Waals surface area (Å²) in [4.78, 5) is 11.6. The summed E-state index contributed by atoms with van der Waals surface area (Å²) < 4.78 is 6.82. The van der Waals surface area contributed by atoms with Gasteiger partial charge >= 0.3 is 0 Å².